The average Bonchev–Trinajstić information content (AvgIpc) is 3.28. The standard InChI is InChI=1S/C20H21ClN4O/c1-15-6-8-16(9-7-15)12-24-10-11-26-20(24)19-14-25(23-22-19)13-17-4-2-3-5-18(17)21/h2-9,14,20H,10-13H2,1H3/t20-/m1/s1. The van der Waals surface area contributed by atoms with E-state index in [4.69, 9.17) is 16.3 Å². The SMILES string of the molecule is Cc1ccc(CN2CCO[C@@H]2c2cn(Cc3ccccc3Cl)nn2)cc1. The minimum atomic E-state index is -0.156. The molecular weight excluding hydrogens is 348 g/mol. The zero-order valence-electron chi connectivity index (χ0n) is 14.7. The van der Waals surface area contributed by atoms with Crippen LogP contribution in [-0.4, -0.2) is 33.0 Å². The Bertz CT molecular complexity index is 878. The van der Waals surface area contributed by atoms with Crippen LogP contribution in [0.3, 0.4) is 0 Å². The lowest BCUT2D eigenvalue weighted by atomic mass is 10.1. The van der Waals surface area contributed by atoms with Gasteiger partial charge in [0.25, 0.3) is 0 Å². The molecule has 1 aliphatic rings. The van der Waals surface area contributed by atoms with E-state index in [9.17, 15) is 0 Å². The van der Waals surface area contributed by atoms with Gasteiger partial charge in [0.2, 0.25) is 0 Å². The summed E-state index contributed by atoms with van der Waals surface area (Å²) in [5.74, 6) is 0. The van der Waals surface area contributed by atoms with Crippen molar-refractivity contribution < 1.29 is 4.74 Å². The van der Waals surface area contributed by atoms with Crippen molar-refractivity contribution in [3.05, 3.63) is 82.1 Å². The van der Waals surface area contributed by atoms with Gasteiger partial charge >= 0.3 is 0 Å². The molecule has 3 aromatic rings. The number of aromatic nitrogens is 3. The molecule has 1 aromatic heterocycles. The van der Waals surface area contributed by atoms with Gasteiger partial charge in [-0.05, 0) is 24.1 Å². The van der Waals surface area contributed by atoms with Crippen molar-refractivity contribution in [2.24, 2.45) is 0 Å². The van der Waals surface area contributed by atoms with Gasteiger partial charge in [-0.25, -0.2) is 4.68 Å². The van der Waals surface area contributed by atoms with Crippen molar-refractivity contribution in [3.8, 4) is 0 Å². The van der Waals surface area contributed by atoms with E-state index in [1.54, 1.807) is 0 Å². The van der Waals surface area contributed by atoms with Crippen LogP contribution in [0.25, 0.3) is 0 Å². The maximum Gasteiger partial charge on any atom is 0.157 e. The number of aryl methyl sites for hydroxylation is 1. The first kappa shape index (κ1) is 17.2. The highest BCUT2D eigenvalue weighted by molar-refractivity contribution is 6.31. The highest BCUT2D eigenvalue weighted by Gasteiger charge is 2.29. The van der Waals surface area contributed by atoms with E-state index >= 15 is 0 Å². The Morgan fingerprint density at radius 1 is 1.12 bits per heavy atom. The number of ether oxygens (including phenoxy) is 1. The number of hydrogen-bond acceptors (Lipinski definition) is 4. The molecule has 0 spiro atoms. The lowest BCUT2D eigenvalue weighted by molar-refractivity contribution is 0.0252. The second-order valence-electron chi connectivity index (χ2n) is 6.61. The van der Waals surface area contributed by atoms with Crippen LogP contribution in [0.15, 0.2) is 54.7 Å². The fraction of sp³-hybridized carbons (Fsp3) is 0.300. The molecule has 2 heterocycles. The first-order valence-electron chi connectivity index (χ1n) is 8.74. The molecule has 2 aromatic carbocycles. The Labute approximate surface area is 158 Å². The Morgan fingerprint density at radius 3 is 2.73 bits per heavy atom. The molecular formula is C20H21ClN4O. The zero-order valence-corrected chi connectivity index (χ0v) is 15.4. The van der Waals surface area contributed by atoms with Crippen molar-refractivity contribution in [2.45, 2.75) is 26.2 Å². The zero-order chi connectivity index (χ0) is 17.9. The molecule has 1 aliphatic heterocycles. The molecule has 1 saturated heterocycles. The van der Waals surface area contributed by atoms with Crippen molar-refractivity contribution in [3.63, 3.8) is 0 Å². The Balaban J connectivity index is 1.47. The van der Waals surface area contributed by atoms with Gasteiger partial charge < -0.3 is 4.74 Å². The molecule has 0 amide bonds. The Morgan fingerprint density at radius 2 is 1.92 bits per heavy atom. The molecule has 0 unspecified atom stereocenters. The van der Waals surface area contributed by atoms with E-state index in [2.05, 4.69) is 46.4 Å². The van der Waals surface area contributed by atoms with Crippen LogP contribution >= 0.6 is 11.6 Å². The predicted octanol–water partition coefficient (Wildman–Crippen LogP) is 3.82. The summed E-state index contributed by atoms with van der Waals surface area (Å²) in [7, 11) is 0. The lowest BCUT2D eigenvalue weighted by Crippen LogP contribution is -2.23. The molecule has 0 saturated carbocycles. The van der Waals surface area contributed by atoms with Gasteiger partial charge in [-0.15, -0.1) is 5.10 Å². The molecule has 0 N–H and O–H groups in total. The summed E-state index contributed by atoms with van der Waals surface area (Å²) in [6.07, 6.45) is 1.79. The smallest absolute Gasteiger partial charge is 0.157 e. The third-order valence-electron chi connectivity index (χ3n) is 4.59. The average molecular weight is 369 g/mol. The maximum atomic E-state index is 6.24. The van der Waals surface area contributed by atoms with E-state index in [0.717, 1.165) is 29.4 Å². The topological polar surface area (TPSA) is 43.2 Å². The summed E-state index contributed by atoms with van der Waals surface area (Å²) in [6.45, 7) is 5.12. The van der Waals surface area contributed by atoms with E-state index in [1.165, 1.54) is 11.1 Å². The third-order valence-corrected chi connectivity index (χ3v) is 4.96. The van der Waals surface area contributed by atoms with Crippen molar-refractivity contribution in [2.75, 3.05) is 13.2 Å². The number of rotatable bonds is 5. The van der Waals surface area contributed by atoms with E-state index < -0.39 is 0 Å². The monoisotopic (exact) mass is 368 g/mol. The third kappa shape index (κ3) is 3.80. The quantitative estimate of drug-likeness (QED) is 0.686. The Kier molecular flexibility index (Phi) is 5.02. The number of halogens is 1. The molecule has 1 atom stereocenters. The summed E-state index contributed by atoms with van der Waals surface area (Å²) < 4.78 is 7.73. The number of nitrogens with zero attached hydrogens (tertiary/aromatic N) is 4. The fourth-order valence-electron chi connectivity index (χ4n) is 3.17. The first-order chi connectivity index (χ1) is 12.7. The summed E-state index contributed by atoms with van der Waals surface area (Å²) in [4.78, 5) is 2.29. The number of hydrogen-bond donors (Lipinski definition) is 0. The van der Waals surface area contributed by atoms with Crippen LogP contribution in [0.5, 0.6) is 0 Å². The van der Waals surface area contributed by atoms with Crippen LogP contribution in [0.2, 0.25) is 5.02 Å². The van der Waals surface area contributed by atoms with E-state index in [0.29, 0.717) is 13.2 Å². The molecule has 26 heavy (non-hydrogen) atoms. The largest absolute Gasteiger partial charge is 0.356 e. The highest BCUT2D eigenvalue weighted by atomic mass is 35.5. The molecule has 0 radical (unpaired) electrons. The van der Waals surface area contributed by atoms with Gasteiger partial charge in [0.05, 0.1) is 19.3 Å². The van der Waals surface area contributed by atoms with Crippen molar-refractivity contribution >= 4 is 11.6 Å². The van der Waals surface area contributed by atoms with Gasteiger partial charge in [-0.1, -0.05) is 64.8 Å². The summed E-state index contributed by atoms with van der Waals surface area (Å²) in [5.41, 5.74) is 4.40. The van der Waals surface area contributed by atoms with Crippen LogP contribution in [0, 0.1) is 6.92 Å². The van der Waals surface area contributed by atoms with E-state index in [1.807, 2.05) is 35.1 Å². The molecule has 4 rings (SSSR count). The molecule has 1 fully saturated rings. The molecule has 0 bridgehead atoms. The highest BCUT2D eigenvalue weighted by Crippen LogP contribution is 2.27. The second-order valence-corrected chi connectivity index (χ2v) is 7.02. The van der Waals surface area contributed by atoms with E-state index in [-0.39, 0.29) is 6.23 Å². The van der Waals surface area contributed by atoms with Gasteiger partial charge in [-0.3, -0.25) is 4.90 Å². The first-order valence-corrected chi connectivity index (χ1v) is 9.11. The fourth-order valence-corrected chi connectivity index (χ4v) is 3.37. The lowest BCUT2D eigenvalue weighted by Gasteiger charge is -2.21. The second kappa shape index (κ2) is 7.58. The minimum absolute atomic E-state index is 0.156. The molecule has 134 valence electrons. The van der Waals surface area contributed by atoms with Crippen LogP contribution in [0.4, 0.5) is 0 Å². The number of benzene rings is 2. The maximum absolute atomic E-state index is 6.24. The van der Waals surface area contributed by atoms with Gasteiger partial charge in [0.1, 0.15) is 5.69 Å². The van der Waals surface area contributed by atoms with Gasteiger partial charge in [0.15, 0.2) is 6.23 Å². The van der Waals surface area contributed by atoms with Crippen LogP contribution < -0.4 is 0 Å². The summed E-state index contributed by atoms with van der Waals surface area (Å²) in [5, 5.41) is 9.32. The van der Waals surface area contributed by atoms with Gasteiger partial charge in [-0.2, -0.15) is 0 Å². The molecule has 6 heteroatoms. The van der Waals surface area contributed by atoms with Crippen LogP contribution in [0.1, 0.15) is 28.6 Å². The normalized spacial score (nSPS) is 17.7. The van der Waals surface area contributed by atoms with Crippen molar-refractivity contribution in [1.82, 2.24) is 19.9 Å². The van der Waals surface area contributed by atoms with Gasteiger partial charge in [0, 0.05) is 18.1 Å². The summed E-state index contributed by atoms with van der Waals surface area (Å²) >= 11 is 6.24. The summed E-state index contributed by atoms with van der Waals surface area (Å²) in [6, 6.07) is 16.4. The molecule has 0 aliphatic carbocycles. The predicted molar refractivity (Wildman–Crippen MR) is 101 cm³/mol. The van der Waals surface area contributed by atoms with Crippen LogP contribution in [-0.2, 0) is 17.8 Å². The molecule has 5 nitrogen and oxygen atoms in total. The Hall–Kier alpha value is -2.21. The minimum Gasteiger partial charge on any atom is -0.356 e. The van der Waals surface area contributed by atoms with Crippen molar-refractivity contribution in [1.29, 1.82) is 0 Å².